The molecule has 2 amide bonds. The van der Waals surface area contributed by atoms with E-state index in [-0.39, 0.29) is 24.1 Å². The molecule has 0 bridgehead atoms. The second kappa shape index (κ2) is 12.9. The number of hydrogen-bond donors (Lipinski definition) is 2. The van der Waals surface area contributed by atoms with Gasteiger partial charge in [-0.1, -0.05) is 47.9 Å². The van der Waals surface area contributed by atoms with Gasteiger partial charge in [0.15, 0.2) is 15.3 Å². The molecule has 14 heteroatoms. The number of thiophene rings is 1. The van der Waals surface area contributed by atoms with Crippen molar-refractivity contribution in [1.29, 1.82) is 0 Å². The lowest BCUT2D eigenvalue weighted by atomic mass is 10.3. The van der Waals surface area contributed by atoms with Gasteiger partial charge in [0.1, 0.15) is 5.75 Å². The SMILES string of the molecule is CCOc1ccc(-n2c(CNC(=O)c3cccs3)nnc2SCC(=O)Nc2nnc(SCC)s2)cc1. The van der Waals surface area contributed by atoms with Crippen LogP contribution in [0.15, 0.2) is 51.3 Å². The minimum atomic E-state index is -0.224. The lowest BCUT2D eigenvalue weighted by Crippen LogP contribution is -2.24. The Hall–Kier alpha value is -2.94. The number of ether oxygens (including phenoxy) is 1. The molecule has 0 aliphatic heterocycles. The second-order valence-corrected chi connectivity index (χ2v) is 11.3. The number of carbonyl (C=O) groups is 2. The molecule has 0 saturated heterocycles. The van der Waals surface area contributed by atoms with Gasteiger partial charge in [-0.15, -0.1) is 31.7 Å². The maximum Gasteiger partial charge on any atom is 0.261 e. The van der Waals surface area contributed by atoms with Crippen LogP contribution in [-0.4, -0.2) is 54.9 Å². The van der Waals surface area contributed by atoms with Crippen molar-refractivity contribution in [3.63, 3.8) is 0 Å². The summed E-state index contributed by atoms with van der Waals surface area (Å²) in [5.74, 6) is 1.86. The van der Waals surface area contributed by atoms with Gasteiger partial charge in [-0.25, -0.2) is 0 Å². The predicted molar refractivity (Wildman–Crippen MR) is 144 cm³/mol. The van der Waals surface area contributed by atoms with Crippen molar-refractivity contribution >= 4 is 63.1 Å². The van der Waals surface area contributed by atoms with Crippen molar-refractivity contribution in [2.45, 2.75) is 29.9 Å². The van der Waals surface area contributed by atoms with Crippen molar-refractivity contribution in [1.82, 2.24) is 30.3 Å². The first-order chi connectivity index (χ1) is 17.6. The van der Waals surface area contributed by atoms with Crippen LogP contribution in [0.2, 0.25) is 0 Å². The number of anilines is 1. The molecule has 0 atom stereocenters. The number of benzene rings is 1. The number of hydrogen-bond acceptors (Lipinski definition) is 11. The molecule has 0 spiro atoms. The van der Waals surface area contributed by atoms with E-state index >= 15 is 0 Å². The van der Waals surface area contributed by atoms with Crippen LogP contribution in [0, 0.1) is 0 Å². The minimum absolute atomic E-state index is 0.104. The Morgan fingerprint density at radius 3 is 2.61 bits per heavy atom. The molecule has 10 nitrogen and oxygen atoms in total. The van der Waals surface area contributed by atoms with Crippen molar-refractivity contribution in [2.75, 3.05) is 23.4 Å². The van der Waals surface area contributed by atoms with Crippen LogP contribution in [0.3, 0.4) is 0 Å². The van der Waals surface area contributed by atoms with E-state index < -0.39 is 0 Å². The Bertz CT molecular complexity index is 1290. The molecule has 3 aromatic heterocycles. The van der Waals surface area contributed by atoms with E-state index in [1.54, 1.807) is 17.8 Å². The molecule has 0 saturated carbocycles. The summed E-state index contributed by atoms with van der Waals surface area (Å²) in [6.45, 7) is 4.69. The van der Waals surface area contributed by atoms with Gasteiger partial charge in [0.05, 0.1) is 23.8 Å². The molecule has 36 heavy (non-hydrogen) atoms. The smallest absolute Gasteiger partial charge is 0.261 e. The Balaban J connectivity index is 1.48. The zero-order valence-electron chi connectivity index (χ0n) is 19.5. The van der Waals surface area contributed by atoms with Gasteiger partial charge in [0.25, 0.3) is 5.91 Å². The fraction of sp³-hybridized carbons (Fsp3) is 0.273. The van der Waals surface area contributed by atoms with Gasteiger partial charge in [0.2, 0.25) is 11.0 Å². The fourth-order valence-electron chi connectivity index (χ4n) is 3.01. The van der Waals surface area contributed by atoms with Crippen LogP contribution in [0.4, 0.5) is 5.13 Å². The molecule has 3 heterocycles. The second-order valence-electron chi connectivity index (χ2n) is 6.96. The largest absolute Gasteiger partial charge is 0.494 e. The van der Waals surface area contributed by atoms with E-state index in [2.05, 4.69) is 31.0 Å². The average molecular weight is 562 g/mol. The Labute approximate surface area is 224 Å². The average Bonchev–Trinajstić information content (AvgIpc) is 3.64. The third-order valence-electron chi connectivity index (χ3n) is 4.51. The molecule has 0 aliphatic carbocycles. The lowest BCUT2D eigenvalue weighted by Gasteiger charge is -2.12. The third-order valence-corrected chi connectivity index (χ3v) is 8.16. The number of rotatable bonds is 12. The highest BCUT2D eigenvalue weighted by Gasteiger charge is 2.18. The summed E-state index contributed by atoms with van der Waals surface area (Å²) in [5, 5.41) is 25.1. The fourth-order valence-corrected chi connectivity index (χ4v) is 6.08. The quantitative estimate of drug-likeness (QED) is 0.192. The Kier molecular flexibility index (Phi) is 9.33. The van der Waals surface area contributed by atoms with Crippen LogP contribution in [0.25, 0.3) is 5.69 Å². The highest BCUT2D eigenvalue weighted by molar-refractivity contribution is 8.01. The first kappa shape index (κ1) is 26.1. The molecule has 0 aliphatic rings. The summed E-state index contributed by atoms with van der Waals surface area (Å²) in [6, 6.07) is 11.1. The molecular weight excluding hydrogens is 539 g/mol. The Morgan fingerprint density at radius 1 is 1.06 bits per heavy atom. The zero-order chi connectivity index (χ0) is 25.3. The summed E-state index contributed by atoms with van der Waals surface area (Å²) < 4.78 is 8.18. The standard InChI is InChI=1S/C22H23N7O3S4/c1-3-32-15-9-7-14(8-10-15)29-17(12-23-19(31)16-6-5-11-34-16)25-27-21(29)35-13-18(30)24-20-26-28-22(36-20)33-4-2/h5-11H,3-4,12-13H2,1-2H3,(H,23,31)(H,24,26,30). The normalized spacial score (nSPS) is 10.8. The van der Waals surface area contributed by atoms with E-state index in [0.29, 0.717) is 27.6 Å². The topological polar surface area (TPSA) is 124 Å². The number of aromatic nitrogens is 5. The predicted octanol–water partition coefficient (Wildman–Crippen LogP) is 4.35. The van der Waals surface area contributed by atoms with Crippen LogP contribution in [0.5, 0.6) is 5.75 Å². The molecule has 4 rings (SSSR count). The number of amides is 2. The first-order valence-electron chi connectivity index (χ1n) is 11.0. The number of carbonyl (C=O) groups excluding carboxylic acids is 2. The summed E-state index contributed by atoms with van der Waals surface area (Å²) in [5.41, 5.74) is 0.789. The maximum atomic E-state index is 12.5. The van der Waals surface area contributed by atoms with Gasteiger partial charge in [-0.2, -0.15) is 0 Å². The van der Waals surface area contributed by atoms with Gasteiger partial charge < -0.3 is 10.1 Å². The monoisotopic (exact) mass is 561 g/mol. The van der Waals surface area contributed by atoms with Gasteiger partial charge in [-0.3, -0.25) is 19.5 Å². The van der Waals surface area contributed by atoms with Crippen LogP contribution in [0.1, 0.15) is 29.3 Å². The molecular formula is C22H23N7O3S4. The molecule has 4 aromatic rings. The highest BCUT2D eigenvalue weighted by atomic mass is 32.2. The molecule has 1 aromatic carbocycles. The van der Waals surface area contributed by atoms with Crippen LogP contribution < -0.4 is 15.4 Å². The van der Waals surface area contributed by atoms with Gasteiger partial charge in [0, 0.05) is 5.69 Å². The lowest BCUT2D eigenvalue weighted by molar-refractivity contribution is -0.113. The summed E-state index contributed by atoms with van der Waals surface area (Å²) in [4.78, 5) is 25.6. The Morgan fingerprint density at radius 2 is 1.89 bits per heavy atom. The van der Waals surface area contributed by atoms with E-state index in [9.17, 15) is 9.59 Å². The molecule has 0 fully saturated rings. The summed E-state index contributed by atoms with van der Waals surface area (Å²) in [7, 11) is 0. The van der Waals surface area contributed by atoms with Crippen molar-refractivity contribution < 1.29 is 14.3 Å². The molecule has 2 N–H and O–H groups in total. The zero-order valence-corrected chi connectivity index (χ0v) is 22.7. The summed E-state index contributed by atoms with van der Waals surface area (Å²) >= 11 is 5.52. The van der Waals surface area contributed by atoms with Crippen LogP contribution in [-0.2, 0) is 11.3 Å². The highest BCUT2D eigenvalue weighted by Crippen LogP contribution is 2.27. The van der Waals surface area contributed by atoms with Crippen molar-refractivity contribution in [3.05, 3.63) is 52.5 Å². The van der Waals surface area contributed by atoms with Gasteiger partial charge >= 0.3 is 0 Å². The summed E-state index contributed by atoms with van der Waals surface area (Å²) in [6.07, 6.45) is 0. The van der Waals surface area contributed by atoms with Crippen molar-refractivity contribution in [3.8, 4) is 11.4 Å². The van der Waals surface area contributed by atoms with E-state index in [1.165, 1.54) is 34.4 Å². The van der Waals surface area contributed by atoms with E-state index in [0.717, 1.165) is 21.5 Å². The van der Waals surface area contributed by atoms with Crippen molar-refractivity contribution in [2.24, 2.45) is 0 Å². The maximum absolute atomic E-state index is 12.5. The molecule has 0 radical (unpaired) electrons. The third kappa shape index (κ3) is 6.84. The van der Waals surface area contributed by atoms with Crippen LogP contribution >= 0.6 is 46.2 Å². The number of thioether (sulfide) groups is 2. The first-order valence-corrected chi connectivity index (χ1v) is 14.6. The van der Waals surface area contributed by atoms with Gasteiger partial charge in [-0.05, 0) is 48.4 Å². The number of nitrogens with zero attached hydrogens (tertiary/aromatic N) is 5. The molecule has 0 unspecified atom stereocenters. The van der Waals surface area contributed by atoms with E-state index in [1.807, 2.05) is 54.1 Å². The molecule has 188 valence electrons. The minimum Gasteiger partial charge on any atom is -0.494 e. The van der Waals surface area contributed by atoms with E-state index in [4.69, 9.17) is 4.74 Å². The number of nitrogens with one attached hydrogen (secondary N) is 2.